The Morgan fingerprint density at radius 3 is 2.95 bits per heavy atom. The van der Waals surface area contributed by atoms with Gasteiger partial charge in [0, 0.05) is 17.1 Å². The quantitative estimate of drug-likeness (QED) is 0.910. The summed E-state index contributed by atoms with van der Waals surface area (Å²) in [4.78, 5) is 18.8. The number of anilines is 1. The number of hydrogen-bond donors (Lipinski definition) is 1. The van der Waals surface area contributed by atoms with E-state index in [1.165, 1.54) is 11.1 Å². The van der Waals surface area contributed by atoms with Gasteiger partial charge in [0.15, 0.2) is 0 Å². The van der Waals surface area contributed by atoms with Gasteiger partial charge in [-0.1, -0.05) is 6.07 Å². The molecular weight excluding hydrogens is 260 g/mol. The van der Waals surface area contributed by atoms with Gasteiger partial charge in [0.2, 0.25) is 0 Å². The molecule has 1 saturated carbocycles. The summed E-state index contributed by atoms with van der Waals surface area (Å²) in [5.41, 5.74) is 1.06. The third-order valence-electron chi connectivity index (χ3n) is 3.23. The molecule has 0 saturated heterocycles. The molecule has 1 fully saturated rings. The van der Waals surface area contributed by atoms with Crippen LogP contribution in [-0.4, -0.2) is 22.1 Å². The number of hydrogen-bond acceptors (Lipinski definition) is 4. The van der Waals surface area contributed by atoms with Crippen LogP contribution in [0.3, 0.4) is 0 Å². The van der Waals surface area contributed by atoms with Gasteiger partial charge in [0.1, 0.15) is 0 Å². The normalized spacial score (nSPS) is 14.3. The van der Waals surface area contributed by atoms with Crippen molar-refractivity contribution in [1.29, 1.82) is 0 Å². The van der Waals surface area contributed by atoms with Crippen molar-refractivity contribution < 1.29 is 9.90 Å². The minimum atomic E-state index is -0.894. The first kappa shape index (κ1) is 12.2. The zero-order valence-electron chi connectivity index (χ0n) is 10.3. The van der Waals surface area contributed by atoms with Crippen molar-refractivity contribution in [3.8, 4) is 0 Å². The van der Waals surface area contributed by atoms with Gasteiger partial charge in [-0.15, -0.1) is 11.3 Å². The van der Waals surface area contributed by atoms with Gasteiger partial charge in [-0.2, -0.15) is 0 Å². The van der Waals surface area contributed by atoms with E-state index in [0.29, 0.717) is 11.6 Å². The number of carbonyl (C=O) groups is 1. The third kappa shape index (κ3) is 2.61. The average Bonchev–Trinajstić information content (AvgIpc) is 3.13. The molecule has 1 aliphatic rings. The van der Waals surface area contributed by atoms with Crippen LogP contribution in [0.2, 0.25) is 0 Å². The third-order valence-corrected chi connectivity index (χ3v) is 4.09. The second-order valence-corrected chi connectivity index (χ2v) is 5.67. The molecule has 0 radical (unpaired) electrons. The van der Waals surface area contributed by atoms with Crippen LogP contribution in [0.15, 0.2) is 36.0 Å². The van der Waals surface area contributed by atoms with Gasteiger partial charge in [-0.25, -0.2) is 4.79 Å². The highest BCUT2D eigenvalue weighted by Crippen LogP contribution is 2.35. The largest absolute Gasteiger partial charge is 0.478 e. The van der Waals surface area contributed by atoms with E-state index in [2.05, 4.69) is 16.0 Å². The molecule has 0 bridgehead atoms. The first-order valence-corrected chi connectivity index (χ1v) is 7.10. The van der Waals surface area contributed by atoms with Crippen LogP contribution < -0.4 is 4.90 Å². The maximum Gasteiger partial charge on any atom is 0.337 e. The summed E-state index contributed by atoms with van der Waals surface area (Å²) in [5.74, 6) is -0.894. The molecule has 98 valence electrons. The number of aromatic nitrogens is 1. The fraction of sp³-hybridized carbons (Fsp3) is 0.286. The molecule has 2 aromatic heterocycles. The van der Waals surface area contributed by atoms with Crippen LogP contribution in [-0.2, 0) is 6.54 Å². The van der Waals surface area contributed by atoms with Crippen molar-refractivity contribution in [2.45, 2.75) is 25.4 Å². The first-order chi connectivity index (χ1) is 9.25. The Morgan fingerprint density at radius 1 is 1.47 bits per heavy atom. The molecule has 0 aliphatic heterocycles. The standard InChI is InChI=1S/C14H14N2O2S/c17-14(18)12-5-6-15-8-13(12)16(10-3-4-10)9-11-2-1-7-19-11/h1-2,5-8,10H,3-4,9H2,(H,17,18). The maximum absolute atomic E-state index is 11.3. The van der Waals surface area contributed by atoms with Crippen LogP contribution in [0.1, 0.15) is 28.1 Å². The summed E-state index contributed by atoms with van der Waals surface area (Å²) in [6.07, 6.45) is 5.44. The summed E-state index contributed by atoms with van der Waals surface area (Å²) in [6, 6.07) is 6.12. The predicted octanol–water partition coefficient (Wildman–Crippen LogP) is 3.01. The Labute approximate surface area is 115 Å². The fourth-order valence-electron chi connectivity index (χ4n) is 2.16. The lowest BCUT2D eigenvalue weighted by molar-refractivity contribution is 0.0697. The molecule has 0 aromatic carbocycles. The van der Waals surface area contributed by atoms with E-state index in [1.54, 1.807) is 23.6 Å². The summed E-state index contributed by atoms with van der Waals surface area (Å²) in [5, 5.41) is 11.3. The van der Waals surface area contributed by atoms with Crippen LogP contribution in [0.4, 0.5) is 5.69 Å². The minimum Gasteiger partial charge on any atom is -0.478 e. The molecule has 19 heavy (non-hydrogen) atoms. The van der Waals surface area contributed by atoms with Gasteiger partial charge in [0.25, 0.3) is 0 Å². The Morgan fingerprint density at radius 2 is 2.32 bits per heavy atom. The highest BCUT2D eigenvalue weighted by atomic mass is 32.1. The highest BCUT2D eigenvalue weighted by molar-refractivity contribution is 7.09. The second kappa shape index (κ2) is 5.01. The average molecular weight is 274 g/mol. The van der Waals surface area contributed by atoms with Crippen molar-refractivity contribution in [1.82, 2.24) is 4.98 Å². The Bertz CT molecular complexity index is 579. The van der Waals surface area contributed by atoms with Gasteiger partial charge < -0.3 is 10.0 Å². The zero-order valence-corrected chi connectivity index (χ0v) is 11.1. The molecule has 3 rings (SSSR count). The van der Waals surface area contributed by atoms with Gasteiger partial charge in [-0.05, 0) is 30.4 Å². The number of aromatic carboxylic acids is 1. The number of carboxylic acids is 1. The molecular formula is C14H14N2O2S. The van der Waals surface area contributed by atoms with Gasteiger partial charge in [0.05, 0.1) is 24.0 Å². The van der Waals surface area contributed by atoms with Crippen molar-refractivity contribution in [2.24, 2.45) is 0 Å². The van der Waals surface area contributed by atoms with Crippen LogP contribution in [0, 0.1) is 0 Å². The summed E-state index contributed by atoms with van der Waals surface area (Å²) < 4.78 is 0. The summed E-state index contributed by atoms with van der Waals surface area (Å²) in [7, 11) is 0. The van der Waals surface area contributed by atoms with E-state index in [9.17, 15) is 9.90 Å². The fourth-order valence-corrected chi connectivity index (χ4v) is 2.87. The molecule has 0 amide bonds. The Balaban J connectivity index is 1.94. The number of thiophene rings is 1. The molecule has 0 spiro atoms. The summed E-state index contributed by atoms with van der Waals surface area (Å²) in [6.45, 7) is 0.758. The lowest BCUT2D eigenvalue weighted by Gasteiger charge is -2.25. The van der Waals surface area contributed by atoms with Gasteiger partial charge >= 0.3 is 5.97 Å². The highest BCUT2D eigenvalue weighted by Gasteiger charge is 2.31. The van der Waals surface area contributed by atoms with Crippen molar-refractivity contribution in [3.05, 3.63) is 46.4 Å². The molecule has 5 heteroatoms. The first-order valence-electron chi connectivity index (χ1n) is 6.22. The van der Waals surface area contributed by atoms with E-state index in [4.69, 9.17) is 0 Å². The predicted molar refractivity (Wildman–Crippen MR) is 74.7 cm³/mol. The molecule has 1 aliphatic carbocycles. The Kier molecular flexibility index (Phi) is 3.21. The SMILES string of the molecule is O=C(O)c1ccncc1N(Cc1cccs1)C1CC1. The monoisotopic (exact) mass is 274 g/mol. The molecule has 0 unspecified atom stereocenters. The minimum absolute atomic E-state index is 0.332. The number of nitrogens with zero attached hydrogens (tertiary/aromatic N) is 2. The van der Waals surface area contributed by atoms with E-state index < -0.39 is 5.97 Å². The molecule has 2 aromatic rings. The van der Waals surface area contributed by atoms with Crippen molar-refractivity contribution in [3.63, 3.8) is 0 Å². The Hall–Kier alpha value is -1.88. The van der Waals surface area contributed by atoms with Crippen LogP contribution in [0.25, 0.3) is 0 Å². The second-order valence-electron chi connectivity index (χ2n) is 4.64. The van der Waals surface area contributed by atoms with Crippen molar-refractivity contribution >= 4 is 23.0 Å². The van der Waals surface area contributed by atoms with E-state index in [1.807, 2.05) is 11.4 Å². The number of pyridine rings is 1. The van der Waals surface area contributed by atoms with E-state index >= 15 is 0 Å². The van der Waals surface area contributed by atoms with Gasteiger partial charge in [-0.3, -0.25) is 4.98 Å². The molecule has 0 atom stereocenters. The van der Waals surface area contributed by atoms with E-state index in [0.717, 1.165) is 25.1 Å². The summed E-state index contributed by atoms with van der Waals surface area (Å²) >= 11 is 1.70. The molecule has 4 nitrogen and oxygen atoms in total. The van der Waals surface area contributed by atoms with E-state index in [-0.39, 0.29) is 0 Å². The topological polar surface area (TPSA) is 53.4 Å². The zero-order chi connectivity index (χ0) is 13.2. The molecule has 2 heterocycles. The lowest BCUT2D eigenvalue weighted by Crippen LogP contribution is -2.26. The maximum atomic E-state index is 11.3. The van der Waals surface area contributed by atoms with Crippen molar-refractivity contribution in [2.75, 3.05) is 4.90 Å². The number of carboxylic acid groups (broad SMARTS) is 1. The van der Waals surface area contributed by atoms with Crippen LogP contribution in [0.5, 0.6) is 0 Å². The van der Waals surface area contributed by atoms with Crippen LogP contribution >= 0.6 is 11.3 Å². The molecule has 1 N–H and O–H groups in total. The smallest absolute Gasteiger partial charge is 0.337 e. The number of rotatable bonds is 5. The lowest BCUT2D eigenvalue weighted by atomic mass is 10.2.